The van der Waals surface area contributed by atoms with Crippen molar-refractivity contribution in [2.24, 2.45) is 10.2 Å². The number of hydrazone groups is 2. The molecule has 2 aromatic rings. The second kappa shape index (κ2) is 8.55. The zero-order valence-corrected chi connectivity index (χ0v) is 16.2. The number of nitrogens with zero attached hydrogens (tertiary/aromatic N) is 3. The highest BCUT2D eigenvalue weighted by Crippen LogP contribution is 2.36. The average Bonchev–Trinajstić information content (AvgIpc) is 2.95. The number of benzene rings is 2. The summed E-state index contributed by atoms with van der Waals surface area (Å²) in [6.07, 6.45) is 0.264. The van der Waals surface area contributed by atoms with Gasteiger partial charge in [0.15, 0.2) is 5.71 Å². The lowest BCUT2D eigenvalue weighted by Gasteiger charge is -2.12. The molecule has 3 N–H and O–H groups in total. The van der Waals surface area contributed by atoms with Crippen LogP contribution in [0, 0.1) is 6.92 Å². The van der Waals surface area contributed by atoms with E-state index in [9.17, 15) is 14.7 Å². The zero-order chi connectivity index (χ0) is 21.0. The molecular formula is C21H22N4O4. The van der Waals surface area contributed by atoms with Crippen LogP contribution >= 0.6 is 0 Å². The number of phenols is 1. The first-order chi connectivity index (χ1) is 13.9. The van der Waals surface area contributed by atoms with Crippen LogP contribution in [0.15, 0.2) is 52.7 Å². The van der Waals surface area contributed by atoms with Crippen molar-refractivity contribution in [1.29, 1.82) is 0 Å². The van der Waals surface area contributed by atoms with E-state index in [4.69, 9.17) is 5.11 Å². The lowest BCUT2D eigenvalue weighted by atomic mass is 9.99. The number of aliphatic carboxylic acids is 1. The van der Waals surface area contributed by atoms with Crippen molar-refractivity contribution in [2.75, 3.05) is 12.0 Å². The fourth-order valence-corrected chi connectivity index (χ4v) is 3.05. The van der Waals surface area contributed by atoms with Crippen molar-refractivity contribution in [1.82, 2.24) is 5.01 Å². The predicted molar refractivity (Wildman–Crippen MR) is 111 cm³/mol. The number of nitrogens with one attached hydrogen (secondary N) is 1. The molecule has 0 aliphatic carbocycles. The van der Waals surface area contributed by atoms with Crippen molar-refractivity contribution >= 4 is 29.0 Å². The molecule has 1 aliphatic heterocycles. The Morgan fingerprint density at radius 2 is 1.86 bits per heavy atom. The fourth-order valence-electron chi connectivity index (χ4n) is 3.05. The highest BCUT2D eigenvalue weighted by molar-refractivity contribution is 6.68. The minimum absolute atomic E-state index is 0.0319. The number of carbonyl (C=O) groups is 2. The molecular weight excluding hydrogens is 372 g/mol. The minimum Gasteiger partial charge on any atom is -0.505 e. The van der Waals surface area contributed by atoms with Crippen LogP contribution in [0.5, 0.6) is 5.75 Å². The van der Waals surface area contributed by atoms with Gasteiger partial charge < -0.3 is 10.2 Å². The molecule has 0 radical (unpaired) electrons. The van der Waals surface area contributed by atoms with E-state index >= 15 is 0 Å². The SMILES string of the molecule is CC1=NN(CCCC(=O)O)C(=O)/C1=N\Nc1cccc(-c2ccccc2C)c1O. The summed E-state index contributed by atoms with van der Waals surface area (Å²) in [5.41, 5.74) is 6.26. The third kappa shape index (κ3) is 4.43. The largest absolute Gasteiger partial charge is 0.505 e. The second-order valence-electron chi connectivity index (χ2n) is 6.70. The van der Waals surface area contributed by atoms with Crippen LogP contribution < -0.4 is 5.43 Å². The quantitative estimate of drug-likeness (QED) is 0.493. The smallest absolute Gasteiger partial charge is 0.303 e. The summed E-state index contributed by atoms with van der Waals surface area (Å²) in [5, 5.41) is 28.9. The standard InChI is InChI=1S/C21H22N4O4/c1-13-7-3-4-8-15(13)16-9-5-10-17(20(16)28)22-23-19-14(2)24-25(21(19)29)12-6-11-18(26)27/h3-5,7-10,22,28H,6,11-12H2,1-2H3,(H,26,27)/b23-19-. The number of phenolic OH excluding ortho intramolecular Hbond substituents is 1. The number of amides is 1. The minimum atomic E-state index is -0.920. The molecule has 0 aromatic heterocycles. The molecule has 0 atom stereocenters. The Morgan fingerprint density at radius 3 is 2.59 bits per heavy atom. The summed E-state index contributed by atoms with van der Waals surface area (Å²) in [6.45, 7) is 3.82. The Kier molecular flexibility index (Phi) is 5.92. The molecule has 8 heteroatoms. The maximum Gasteiger partial charge on any atom is 0.303 e. The van der Waals surface area contributed by atoms with Crippen molar-refractivity contribution in [3.63, 3.8) is 0 Å². The van der Waals surface area contributed by atoms with Crippen LogP contribution in [0.3, 0.4) is 0 Å². The van der Waals surface area contributed by atoms with E-state index in [0.717, 1.165) is 11.1 Å². The highest BCUT2D eigenvalue weighted by atomic mass is 16.4. The summed E-state index contributed by atoms with van der Waals surface area (Å²) >= 11 is 0. The van der Waals surface area contributed by atoms with E-state index in [1.54, 1.807) is 19.1 Å². The molecule has 0 fully saturated rings. The summed E-state index contributed by atoms with van der Waals surface area (Å²) in [7, 11) is 0. The molecule has 0 saturated heterocycles. The fraction of sp³-hybridized carbons (Fsp3) is 0.238. The zero-order valence-electron chi connectivity index (χ0n) is 16.2. The monoisotopic (exact) mass is 394 g/mol. The van der Waals surface area contributed by atoms with Gasteiger partial charge in [-0.15, -0.1) is 0 Å². The van der Waals surface area contributed by atoms with Crippen molar-refractivity contribution < 1.29 is 19.8 Å². The van der Waals surface area contributed by atoms with Crippen molar-refractivity contribution in [2.45, 2.75) is 26.7 Å². The molecule has 0 spiro atoms. The third-order valence-electron chi connectivity index (χ3n) is 4.57. The van der Waals surface area contributed by atoms with Gasteiger partial charge in [0.1, 0.15) is 5.75 Å². The van der Waals surface area contributed by atoms with Crippen LogP contribution in [-0.2, 0) is 9.59 Å². The van der Waals surface area contributed by atoms with Gasteiger partial charge >= 0.3 is 5.97 Å². The molecule has 3 rings (SSSR count). The molecule has 29 heavy (non-hydrogen) atoms. The van der Waals surface area contributed by atoms with Gasteiger partial charge in [-0.3, -0.25) is 15.0 Å². The van der Waals surface area contributed by atoms with Crippen LogP contribution in [0.4, 0.5) is 5.69 Å². The van der Waals surface area contributed by atoms with E-state index < -0.39 is 11.9 Å². The van der Waals surface area contributed by atoms with E-state index in [0.29, 0.717) is 23.4 Å². The lowest BCUT2D eigenvalue weighted by Crippen LogP contribution is -2.29. The summed E-state index contributed by atoms with van der Waals surface area (Å²) in [6, 6.07) is 13.0. The first-order valence-corrected chi connectivity index (χ1v) is 9.19. The third-order valence-corrected chi connectivity index (χ3v) is 4.57. The molecule has 0 saturated carbocycles. The summed E-state index contributed by atoms with van der Waals surface area (Å²) in [5.74, 6) is -1.30. The van der Waals surface area contributed by atoms with Crippen LogP contribution in [0.25, 0.3) is 11.1 Å². The maximum atomic E-state index is 12.5. The maximum absolute atomic E-state index is 12.5. The van der Waals surface area contributed by atoms with Gasteiger partial charge in [-0.2, -0.15) is 10.2 Å². The second-order valence-corrected chi connectivity index (χ2v) is 6.70. The van der Waals surface area contributed by atoms with E-state index in [1.807, 2.05) is 37.3 Å². The topological polar surface area (TPSA) is 115 Å². The Labute approximate surface area is 168 Å². The number of rotatable bonds is 7. The molecule has 2 aromatic carbocycles. The van der Waals surface area contributed by atoms with Crippen molar-refractivity contribution in [3.8, 4) is 16.9 Å². The average molecular weight is 394 g/mol. The van der Waals surface area contributed by atoms with E-state index in [1.165, 1.54) is 5.01 Å². The number of aromatic hydroxyl groups is 1. The number of hydrogen-bond acceptors (Lipinski definition) is 6. The Morgan fingerprint density at radius 1 is 1.14 bits per heavy atom. The molecule has 1 aliphatic rings. The van der Waals surface area contributed by atoms with Gasteiger partial charge in [0.2, 0.25) is 0 Å². The molecule has 8 nitrogen and oxygen atoms in total. The van der Waals surface area contributed by atoms with Crippen molar-refractivity contribution in [3.05, 3.63) is 48.0 Å². The number of anilines is 1. The Hall–Kier alpha value is -3.68. The molecule has 150 valence electrons. The summed E-state index contributed by atoms with van der Waals surface area (Å²) in [4.78, 5) is 23.1. The van der Waals surface area contributed by atoms with Gasteiger partial charge in [0, 0.05) is 18.5 Å². The van der Waals surface area contributed by atoms with Gasteiger partial charge in [-0.25, -0.2) is 5.01 Å². The van der Waals surface area contributed by atoms with Gasteiger partial charge in [-0.1, -0.05) is 36.4 Å². The van der Waals surface area contributed by atoms with Gasteiger partial charge in [0.05, 0.1) is 11.4 Å². The van der Waals surface area contributed by atoms with Crippen LogP contribution in [0.1, 0.15) is 25.3 Å². The lowest BCUT2D eigenvalue weighted by molar-refractivity contribution is -0.137. The normalized spacial score (nSPS) is 15.0. The van der Waals surface area contributed by atoms with Gasteiger partial charge in [0.25, 0.3) is 5.91 Å². The van der Waals surface area contributed by atoms with Crippen LogP contribution in [0.2, 0.25) is 0 Å². The van der Waals surface area contributed by atoms with E-state index in [-0.39, 0.29) is 24.4 Å². The molecule has 1 heterocycles. The van der Waals surface area contributed by atoms with E-state index in [2.05, 4.69) is 15.6 Å². The molecule has 1 amide bonds. The Bertz CT molecular complexity index is 1010. The first kappa shape index (κ1) is 20.1. The van der Waals surface area contributed by atoms with Gasteiger partial charge in [-0.05, 0) is 37.5 Å². The molecule has 0 bridgehead atoms. The number of para-hydroxylation sites is 1. The summed E-state index contributed by atoms with van der Waals surface area (Å²) < 4.78 is 0. The first-order valence-electron chi connectivity index (χ1n) is 9.19. The molecule has 0 unspecified atom stereocenters. The number of carboxylic acids is 1. The highest BCUT2D eigenvalue weighted by Gasteiger charge is 2.29. The number of carboxylic acid groups (broad SMARTS) is 1. The number of hydrogen-bond donors (Lipinski definition) is 3. The van der Waals surface area contributed by atoms with Crippen LogP contribution in [-0.4, -0.2) is 45.1 Å². The number of carbonyl (C=O) groups excluding carboxylic acids is 1. The Balaban J connectivity index is 1.77. The number of aryl methyl sites for hydroxylation is 1. The predicted octanol–water partition coefficient (Wildman–Crippen LogP) is 3.22.